The largest absolute Gasteiger partial charge is 0.451 e. The van der Waals surface area contributed by atoms with E-state index < -0.39 is 5.60 Å². The predicted octanol–water partition coefficient (Wildman–Crippen LogP) is 2.00. The second-order valence-electron chi connectivity index (χ2n) is 3.03. The Kier molecular flexibility index (Phi) is 5.35. The van der Waals surface area contributed by atoms with Crippen molar-refractivity contribution < 1.29 is 14.3 Å². The first kappa shape index (κ1) is 12.1. The van der Waals surface area contributed by atoms with Gasteiger partial charge in [-0.15, -0.1) is 0 Å². The Morgan fingerprint density at radius 1 is 1.38 bits per heavy atom. The van der Waals surface area contributed by atoms with Crippen molar-refractivity contribution in [1.82, 2.24) is 0 Å². The molecule has 75 valence electrons. The maximum absolute atomic E-state index is 11.0. The van der Waals surface area contributed by atoms with Gasteiger partial charge in [0.25, 0.3) is 0 Å². The van der Waals surface area contributed by atoms with Gasteiger partial charge in [-0.3, -0.25) is 9.59 Å². The van der Waals surface area contributed by atoms with Crippen LogP contribution in [-0.4, -0.2) is 17.9 Å². The molecule has 0 amide bonds. The Morgan fingerprint density at radius 2 is 2.00 bits per heavy atom. The zero-order valence-electron chi connectivity index (χ0n) is 8.55. The second kappa shape index (κ2) is 5.73. The summed E-state index contributed by atoms with van der Waals surface area (Å²) in [5, 5.41) is 0. The summed E-state index contributed by atoms with van der Waals surface area (Å²) < 4.78 is 5.06. The van der Waals surface area contributed by atoms with Gasteiger partial charge in [0.1, 0.15) is 0 Å². The highest BCUT2D eigenvalue weighted by Crippen LogP contribution is 2.20. The van der Waals surface area contributed by atoms with E-state index in [1.54, 1.807) is 6.92 Å². The lowest BCUT2D eigenvalue weighted by Gasteiger charge is -2.25. The predicted molar refractivity (Wildman–Crippen MR) is 50.0 cm³/mol. The van der Waals surface area contributed by atoms with Crippen LogP contribution in [0.5, 0.6) is 0 Å². The molecule has 0 spiro atoms. The van der Waals surface area contributed by atoms with Crippen molar-refractivity contribution in [2.75, 3.05) is 0 Å². The van der Waals surface area contributed by atoms with Gasteiger partial charge >= 0.3 is 5.97 Å². The van der Waals surface area contributed by atoms with Crippen molar-refractivity contribution in [1.29, 1.82) is 0 Å². The Hall–Kier alpha value is -0.860. The number of carbonyl (C=O) groups excluding carboxylic acids is 2. The number of hydrogen-bond donors (Lipinski definition) is 0. The summed E-state index contributed by atoms with van der Waals surface area (Å²) in [7, 11) is 0. The highest BCUT2D eigenvalue weighted by atomic mass is 16.6. The summed E-state index contributed by atoms with van der Waals surface area (Å²) in [6.07, 6.45) is 3.99. The van der Waals surface area contributed by atoms with Gasteiger partial charge in [0.15, 0.2) is 5.60 Å². The molecule has 0 heterocycles. The third-order valence-electron chi connectivity index (χ3n) is 2.01. The molecular weight excluding hydrogens is 168 g/mol. The minimum Gasteiger partial charge on any atom is -0.451 e. The van der Waals surface area contributed by atoms with Gasteiger partial charge in [0, 0.05) is 6.42 Å². The number of ether oxygens (including phenoxy) is 1. The molecule has 0 aliphatic rings. The van der Waals surface area contributed by atoms with Crippen LogP contribution < -0.4 is 0 Å². The quantitative estimate of drug-likeness (QED) is 0.594. The lowest BCUT2D eigenvalue weighted by Crippen LogP contribution is -2.35. The first-order valence-electron chi connectivity index (χ1n) is 4.75. The topological polar surface area (TPSA) is 43.4 Å². The lowest BCUT2D eigenvalue weighted by molar-refractivity contribution is -0.153. The van der Waals surface area contributed by atoms with Crippen LogP contribution in [-0.2, 0) is 14.3 Å². The van der Waals surface area contributed by atoms with Crippen LogP contribution >= 0.6 is 0 Å². The second-order valence-corrected chi connectivity index (χ2v) is 3.03. The van der Waals surface area contributed by atoms with Crippen LogP contribution in [0.25, 0.3) is 0 Å². The maximum atomic E-state index is 11.0. The molecule has 3 nitrogen and oxygen atoms in total. The standard InChI is InChI=1S/C10H17O3/c1-4-7-10(6-3,8-11)13-9(12)5-2/h4-7H2,1-3H3. The summed E-state index contributed by atoms with van der Waals surface area (Å²) >= 11 is 0. The van der Waals surface area contributed by atoms with Crippen LogP contribution in [0, 0.1) is 0 Å². The summed E-state index contributed by atoms with van der Waals surface area (Å²) in [6, 6.07) is 0. The van der Waals surface area contributed by atoms with Crippen LogP contribution in [0.3, 0.4) is 0 Å². The van der Waals surface area contributed by atoms with Gasteiger partial charge in [0.2, 0.25) is 6.29 Å². The van der Waals surface area contributed by atoms with Crippen molar-refractivity contribution in [3.05, 3.63) is 0 Å². The molecular formula is C10H17O3. The van der Waals surface area contributed by atoms with Gasteiger partial charge in [-0.1, -0.05) is 27.2 Å². The molecule has 0 saturated carbocycles. The van der Waals surface area contributed by atoms with Crippen molar-refractivity contribution in [2.24, 2.45) is 0 Å². The zero-order valence-corrected chi connectivity index (χ0v) is 8.55. The molecule has 0 saturated heterocycles. The molecule has 1 radical (unpaired) electrons. The van der Waals surface area contributed by atoms with Crippen molar-refractivity contribution in [3.63, 3.8) is 0 Å². The highest BCUT2D eigenvalue weighted by molar-refractivity contribution is 5.74. The Bertz CT molecular complexity index is 177. The van der Waals surface area contributed by atoms with Crippen LogP contribution in [0.2, 0.25) is 0 Å². The fraction of sp³-hybridized carbons (Fsp3) is 0.800. The molecule has 0 aromatic rings. The molecule has 0 aliphatic carbocycles. The number of carbonyl (C=O) groups is 1. The van der Waals surface area contributed by atoms with Crippen LogP contribution in [0.4, 0.5) is 0 Å². The number of esters is 1. The molecule has 3 heteroatoms. The normalized spacial score (nSPS) is 14.7. The van der Waals surface area contributed by atoms with E-state index in [0.717, 1.165) is 6.42 Å². The van der Waals surface area contributed by atoms with Gasteiger partial charge in [-0.25, -0.2) is 0 Å². The van der Waals surface area contributed by atoms with Gasteiger partial charge < -0.3 is 4.74 Å². The van der Waals surface area contributed by atoms with Crippen molar-refractivity contribution in [3.8, 4) is 0 Å². The summed E-state index contributed by atoms with van der Waals surface area (Å²) in [4.78, 5) is 21.7. The lowest BCUT2D eigenvalue weighted by atomic mass is 9.96. The van der Waals surface area contributed by atoms with E-state index in [0.29, 0.717) is 19.3 Å². The molecule has 1 atom stereocenters. The molecule has 0 aromatic carbocycles. The minimum atomic E-state index is -0.998. The molecule has 1 unspecified atom stereocenters. The Labute approximate surface area is 79.5 Å². The van der Waals surface area contributed by atoms with E-state index >= 15 is 0 Å². The first-order chi connectivity index (χ1) is 6.14. The summed E-state index contributed by atoms with van der Waals surface area (Å²) in [5.74, 6) is -0.335. The summed E-state index contributed by atoms with van der Waals surface area (Å²) in [5.41, 5.74) is -0.998. The van der Waals surface area contributed by atoms with E-state index in [2.05, 4.69) is 0 Å². The smallest absolute Gasteiger partial charge is 0.306 e. The van der Waals surface area contributed by atoms with E-state index in [1.165, 1.54) is 0 Å². The van der Waals surface area contributed by atoms with Gasteiger partial charge in [0.05, 0.1) is 0 Å². The van der Waals surface area contributed by atoms with E-state index in [1.807, 2.05) is 20.1 Å². The average Bonchev–Trinajstić information content (AvgIpc) is 2.17. The van der Waals surface area contributed by atoms with Gasteiger partial charge in [-0.05, 0) is 12.8 Å². The average molecular weight is 185 g/mol. The number of hydrogen-bond acceptors (Lipinski definition) is 3. The van der Waals surface area contributed by atoms with Crippen molar-refractivity contribution in [2.45, 2.75) is 52.1 Å². The third-order valence-corrected chi connectivity index (χ3v) is 2.01. The monoisotopic (exact) mass is 185 g/mol. The highest BCUT2D eigenvalue weighted by Gasteiger charge is 2.31. The Morgan fingerprint density at radius 3 is 2.31 bits per heavy atom. The number of rotatable bonds is 6. The molecule has 0 rings (SSSR count). The van der Waals surface area contributed by atoms with Gasteiger partial charge in [-0.2, -0.15) is 0 Å². The van der Waals surface area contributed by atoms with Crippen molar-refractivity contribution >= 4 is 12.3 Å². The fourth-order valence-electron chi connectivity index (χ4n) is 1.14. The molecule has 0 bridgehead atoms. The molecule has 0 aromatic heterocycles. The molecule has 0 fully saturated rings. The minimum absolute atomic E-state index is 0.299. The first-order valence-corrected chi connectivity index (χ1v) is 4.75. The van der Waals surface area contributed by atoms with E-state index in [4.69, 9.17) is 4.74 Å². The Balaban J connectivity index is 4.37. The summed E-state index contributed by atoms with van der Waals surface area (Å²) in [6.45, 7) is 5.48. The molecule has 0 aliphatic heterocycles. The zero-order chi connectivity index (χ0) is 10.3. The van der Waals surface area contributed by atoms with E-state index in [9.17, 15) is 9.59 Å². The maximum Gasteiger partial charge on any atom is 0.306 e. The van der Waals surface area contributed by atoms with E-state index in [-0.39, 0.29) is 5.97 Å². The molecule has 13 heavy (non-hydrogen) atoms. The molecule has 0 N–H and O–H groups in total. The van der Waals surface area contributed by atoms with Crippen LogP contribution in [0.15, 0.2) is 0 Å². The SMILES string of the molecule is CCCC([C]=O)(CC)OC(=O)CC. The third kappa shape index (κ3) is 3.57. The fourth-order valence-corrected chi connectivity index (χ4v) is 1.14. The van der Waals surface area contributed by atoms with Crippen LogP contribution in [0.1, 0.15) is 46.5 Å².